The molecule has 0 aliphatic heterocycles. The van der Waals surface area contributed by atoms with E-state index >= 15 is 0 Å². The molecule has 0 spiro atoms. The van der Waals surface area contributed by atoms with Crippen molar-refractivity contribution in [3.8, 4) is 0 Å². The van der Waals surface area contributed by atoms with E-state index in [1.807, 2.05) is 13.8 Å². The van der Waals surface area contributed by atoms with Crippen molar-refractivity contribution in [2.45, 2.75) is 20.8 Å². The number of carbonyl (C=O) groups excluding carboxylic acids is 2. The zero-order valence-electron chi connectivity index (χ0n) is 14.6. The molecule has 132 valence electrons. The average molecular weight is 342 g/mol. The number of anilines is 2. The molecule has 25 heavy (non-hydrogen) atoms. The summed E-state index contributed by atoms with van der Waals surface area (Å²) in [4.78, 5) is 31.8. The molecule has 0 bridgehead atoms. The highest BCUT2D eigenvalue weighted by atomic mass is 16.5. The van der Waals surface area contributed by atoms with Crippen LogP contribution in [0.1, 0.15) is 41.5 Å². The Morgan fingerprint density at radius 2 is 1.72 bits per heavy atom. The third-order valence-electron chi connectivity index (χ3n) is 3.24. The Morgan fingerprint density at radius 1 is 1.08 bits per heavy atom. The predicted octanol–water partition coefficient (Wildman–Crippen LogP) is 2.78. The van der Waals surface area contributed by atoms with Gasteiger partial charge < -0.3 is 15.4 Å². The molecule has 0 saturated heterocycles. The summed E-state index contributed by atoms with van der Waals surface area (Å²) in [6, 6.07) is 6.79. The van der Waals surface area contributed by atoms with Crippen molar-refractivity contribution in [3.63, 3.8) is 0 Å². The minimum atomic E-state index is -0.359. The van der Waals surface area contributed by atoms with Gasteiger partial charge in [0.2, 0.25) is 5.95 Å². The van der Waals surface area contributed by atoms with Gasteiger partial charge in [0.05, 0.1) is 17.7 Å². The van der Waals surface area contributed by atoms with E-state index in [0.29, 0.717) is 36.1 Å². The van der Waals surface area contributed by atoms with Crippen molar-refractivity contribution in [1.82, 2.24) is 15.3 Å². The molecule has 0 fully saturated rings. The Hall–Kier alpha value is -2.96. The van der Waals surface area contributed by atoms with Crippen molar-refractivity contribution in [2.75, 3.05) is 18.5 Å². The van der Waals surface area contributed by atoms with Crippen LogP contribution >= 0.6 is 0 Å². The maximum atomic E-state index is 11.9. The van der Waals surface area contributed by atoms with Gasteiger partial charge in [0.15, 0.2) is 0 Å². The Balaban J connectivity index is 1.96. The van der Waals surface area contributed by atoms with Crippen LogP contribution in [0.25, 0.3) is 0 Å². The fraction of sp³-hybridized carbons (Fsp3) is 0.333. The zero-order chi connectivity index (χ0) is 18.2. The third-order valence-corrected chi connectivity index (χ3v) is 3.24. The van der Waals surface area contributed by atoms with E-state index in [4.69, 9.17) is 4.74 Å². The number of benzene rings is 1. The summed E-state index contributed by atoms with van der Waals surface area (Å²) in [5.74, 6) is 0.189. The van der Waals surface area contributed by atoms with Crippen molar-refractivity contribution in [1.29, 1.82) is 0 Å². The molecule has 1 heterocycles. The summed E-state index contributed by atoms with van der Waals surface area (Å²) >= 11 is 0. The van der Waals surface area contributed by atoms with E-state index in [9.17, 15) is 9.59 Å². The minimum Gasteiger partial charge on any atom is -0.462 e. The van der Waals surface area contributed by atoms with E-state index < -0.39 is 0 Å². The predicted molar refractivity (Wildman–Crippen MR) is 94.9 cm³/mol. The molecule has 0 saturated carbocycles. The molecular formula is C18H22N4O3. The first kappa shape index (κ1) is 18.4. The zero-order valence-corrected chi connectivity index (χ0v) is 14.6. The summed E-state index contributed by atoms with van der Waals surface area (Å²) in [5, 5.41) is 5.82. The minimum absolute atomic E-state index is 0.195. The molecule has 7 nitrogen and oxygen atoms in total. The molecule has 2 rings (SSSR count). The molecule has 0 aliphatic carbocycles. The van der Waals surface area contributed by atoms with Gasteiger partial charge in [-0.05, 0) is 37.1 Å². The van der Waals surface area contributed by atoms with Crippen LogP contribution in [0, 0.1) is 5.92 Å². The van der Waals surface area contributed by atoms with Crippen LogP contribution in [0.5, 0.6) is 0 Å². The number of aromatic nitrogens is 2. The van der Waals surface area contributed by atoms with Gasteiger partial charge in [0.25, 0.3) is 5.91 Å². The topological polar surface area (TPSA) is 93.2 Å². The molecule has 0 atom stereocenters. The maximum absolute atomic E-state index is 11.9. The smallest absolute Gasteiger partial charge is 0.338 e. The molecule has 0 unspecified atom stereocenters. The van der Waals surface area contributed by atoms with Gasteiger partial charge in [-0.25, -0.2) is 14.8 Å². The molecule has 1 aromatic heterocycles. The number of nitrogens with zero attached hydrogens (tertiary/aromatic N) is 2. The van der Waals surface area contributed by atoms with E-state index in [2.05, 4.69) is 20.6 Å². The van der Waals surface area contributed by atoms with Gasteiger partial charge in [0.1, 0.15) is 0 Å². The Morgan fingerprint density at radius 3 is 2.28 bits per heavy atom. The lowest BCUT2D eigenvalue weighted by molar-refractivity contribution is 0.0526. The van der Waals surface area contributed by atoms with Crippen molar-refractivity contribution in [3.05, 3.63) is 47.8 Å². The number of nitrogens with one attached hydrogen (secondary N) is 2. The van der Waals surface area contributed by atoms with Gasteiger partial charge in [-0.3, -0.25) is 4.79 Å². The fourth-order valence-electron chi connectivity index (χ4n) is 1.94. The van der Waals surface area contributed by atoms with Crippen LogP contribution in [-0.4, -0.2) is 35.0 Å². The first-order valence-corrected chi connectivity index (χ1v) is 8.14. The van der Waals surface area contributed by atoms with Crippen molar-refractivity contribution >= 4 is 23.5 Å². The number of hydrogen-bond acceptors (Lipinski definition) is 6. The first-order valence-electron chi connectivity index (χ1n) is 8.14. The van der Waals surface area contributed by atoms with Crippen LogP contribution in [0.4, 0.5) is 11.6 Å². The highest BCUT2D eigenvalue weighted by molar-refractivity contribution is 5.93. The quantitative estimate of drug-likeness (QED) is 0.752. The van der Waals surface area contributed by atoms with Crippen molar-refractivity contribution < 1.29 is 14.3 Å². The summed E-state index contributed by atoms with van der Waals surface area (Å²) < 4.78 is 4.93. The van der Waals surface area contributed by atoms with Crippen LogP contribution in [0.2, 0.25) is 0 Å². The number of ether oxygens (including phenoxy) is 1. The summed E-state index contributed by atoms with van der Waals surface area (Å²) in [5.41, 5.74) is 1.61. The van der Waals surface area contributed by atoms with Crippen LogP contribution in [0.15, 0.2) is 36.7 Å². The SMILES string of the molecule is CCOC(=O)c1ccc(Nc2ncc(C(=O)NCC(C)C)cn2)cc1. The highest BCUT2D eigenvalue weighted by Crippen LogP contribution is 2.14. The van der Waals surface area contributed by atoms with Gasteiger partial charge in [-0.15, -0.1) is 0 Å². The summed E-state index contributed by atoms with van der Waals surface area (Å²) in [6.45, 7) is 6.75. The molecule has 2 aromatic rings. The molecule has 7 heteroatoms. The van der Waals surface area contributed by atoms with E-state index in [1.165, 1.54) is 12.4 Å². The number of amides is 1. The highest BCUT2D eigenvalue weighted by Gasteiger charge is 2.09. The van der Waals surface area contributed by atoms with E-state index in [0.717, 1.165) is 5.69 Å². The normalized spacial score (nSPS) is 10.4. The number of hydrogen-bond donors (Lipinski definition) is 2. The van der Waals surface area contributed by atoms with E-state index in [1.54, 1.807) is 31.2 Å². The molecule has 2 N–H and O–H groups in total. The Kier molecular flexibility index (Phi) is 6.45. The maximum Gasteiger partial charge on any atom is 0.338 e. The van der Waals surface area contributed by atoms with Crippen molar-refractivity contribution in [2.24, 2.45) is 5.92 Å². The summed E-state index contributed by atoms with van der Waals surface area (Å²) in [7, 11) is 0. The largest absolute Gasteiger partial charge is 0.462 e. The van der Waals surface area contributed by atoms with E-state index in [-0.39, 0.29) is 11.9 Å². The monoisotopic (exact) mass is 342 g/mol. The second-order valence-electron chi connectivity index (χ2n) is 5.82. The van der Waals surface area contributed by atoms with Gasteiger partial charge in [0, 0.05) is 24.6 Å². The lowest BCUT2D eigenvalue weighted by atomic mass is 10.2. The molecule has 0 radical (unpaired) electrons. The second-order valence-corrected chi connectivity index (χ2v) is 5.82. The standard InChI is InChI=1S/C18H22N4O3/c1-4-25-17(24)13-5-7-15(8-6-13)22-18-20-10-14(11-21-18)16(23)19-9-12(2)3/h5-8,10-12H,4,9H2,1-3H3,(H,19,23)(H,20,21,22). The van der Waals surface area contributed by atoms with Crippen LogP contribution in [-0.2, 0) is 4.74 Å². The number of carbonyl (C=O) groups is 2. The number of esters is 1. The second kappa shape index (κ2) is 8.77. The fourth-order valence-corrected chi connectivity index (χ4v) is 1.94. The van der Waals surface area contributed by atoms with Gasteiger partial charge in [-0.2, -0.15) is 0 Å². The molecule has 0 aliphatic rings. The average Bonchev–Trinajstić information content (AvgIpc) is 2.61. The van der Waals surface area contributed by atoms with Gasteiger partial charge >= 0.3 is 5.97 Å². The third kappa shape index (κ3) is 5.56. The molecular weight excluding hydrogens is 320 g/mol. The lowest BCUT2D eigenvalue weighted by Gasteiger charge is -2.08. The molecule has 1 aromatic carbocycles. The Bertz CT molecular complexity index is 712. The van der Waals surface area contributed by atoms with Gasteiger partial charge in [-0.1, -0.05) is 13.8 Å². The van der Waals surface area contributed by atoms with Crippen LogP contribution < -0.4 is 10.6 Å². The lowest BCUT2D eigenvalue weighted by Crippen LogP contribution is -2.27. The molecule has 1 amide bonds. The van der Waals surface area contributed by atoms with Crippen LogP contribution in [0.3, 0.4) is 0 Å². The summed E-state index contributed by atoms with van der Waals surface area (Å²) in [6.07, 6.45) is 2.94. The first-order chi connectivity index (χ1) is 12.0. The Labute approximate surface area is 146 Å². The number of rotatable bonds is 7.